The summed E-state index contributed by atoms with van der Waals surface area (Å²) in [6, 6.07) is 11.6. The lowest BCUT2D eigenvalue weighted by molar-refractivity contribution is -0.121. The average Bonchev–Trinajstić information content (AvgIpc) is 2.65. The zero-order valence-electron chi connectivity index (χ0n) is 15.9. The fraction of sp³-hybridized carbons (Fsp3) is 0.381. The highest BCUT2D eigenvalue weighted by Gasteiger charge is 2.09. The van der Waals surface area contributed by atoms with Crippen LogP contribution in [0.25, 0.3) is 0 Å². The minimum atomic E-state index is -0.0139. The average molecular weight is 357 g/mol. The molecule has 0 unspecified atom stereocenters. The smallest absolute Gasteiger partial charge is 0.220 e. The molecule has 0 atom stereocenters. The molecule has 5 nitrogen and oxygen atoms in total. The molecule has 0 fully saturated rings. The van der Waals surface area contributed by atoms with E-state index in [0.717, 1.165) is 33.9 Å². The summed E-state index contributed by atoms with van der Waals surface area (Å²) in [6.45, 7) is 4.95. The summed E-state index contributed by atoms with van der Waals surface area (Å²) in [5.41, 5.74) is 3.15. The third-order valence-corrected chi connectivity index (χ3v) is 4.19. The molecule has 0 aliphatic carbocycles. The number of para-hydroxylation sites is 1. The van der Waals surface area contributed by atoms with Crippen molar-refractivity contribution in [3.8, 4) is 17.2 Å². The van der Waals surface area contributed by atoms with Crippen LogP contribution in [0.5, 0.6) is 17.2 Å². The van der Waals surface area contributed by atoms with Crippen molar-refractivity contribution < 1.29 is 19.0 Å². The Morgan fingerprint density at radius 1 is 1.04 bits per heavy atom. The number of benzene rings is 2. The number of carbonyl (C=O) groups is 1. The predicted octanol–water partition coefficient (Wildman–Crippen LogP) is 3.45. The molecule has 0 radical (unpaired) electrons. The van der Waals surface area contributed by atoms with Crippen LogP contribution < -0.4 is 19.5 Å². The summed E-state index contributed by atoms with van der Waals surface area (Å²) in [6.07, 6.45) is 0.969. The van der Waals surface area contributed by atoms with Crippen molar-refractivity contribution >= 4 is 5.91 Å². The third-order valence-electron chi connectivity index (χ3n) is 4.19. The maximum Gasteiger partial charge on any atom is 0.220 e. The van der Waals surface area contributed by atoms with Crippen molar-refractivity contribution in [2.75, 3.05) is 27.4 Å². The van der Waals surface area contributed by atoms with Crippen LogP contribution in [0.4, 0.5) is 0 Å². The van der Waals surface area contributed by atoms with Crippen LogP contribution >= 0.6 is 0 Å². The molecule has 2 aromatic rings. The van der Waals surface area contributed by atoms with Gasteiger partial charge in [-0.3, -0.25) is 4.79 Å². The number of hydrogen-bond acceptors (Lipinski definition) is 4. The first-order valence-corrected chi connectivity index (χ1v) is 8.71. The van der Waals surface area contributed by atoms with Crippen LogP contribution in [-0.4, -0.2) is 33.3 Å². The van der Waals surface area contributed by atoms with Gasteiger partial charge >= 0.3 is 0 Å². The Balaban J connectivity index is 1.77. The molecule has 1 N–H and O–H groups in total. The highest BCUT2D eigenvalue weighted by molar-refractivity contribution is 5.76. The summed E-state index contributed by atoms with van der Waals surface area (Å²) >= 11 is 0. The van der Waals surface area contributed by atoms with Gasteiger partial charge in [0.05, 0.1) is 20.8 Å². The van der Waals surface area contributed by atoms with E-state index in [1.807, 2.05) is 50.2 Å². The summed E-state index contributed by atoms with van der Waals surface area (Å²) in [5, 5.41) is 2.89. The normalized spacial score (nSPS) is 10.3. The van der Waals surface area contributed by atoms with Gasteiger partial charge in [0.1, 0.15) is 23.9 Å². The first-order chi connectivity index (χ1) is 12.5. The number of carbonyl (C=O) groups excluding carboxylic acids is 1. The van der Waals surface area contributed by atoms with E-state index in [0.29, 0.717) is 26.0 Å². The zero-order valence-corrected chi connectivity index (χ0v) is 15.9. The predicted molar refractivity (Wildman–Crippen MR) is 102 cm³/mol. The van der Waals surface area contributed by atoms with Gasteiger partial charge in [-0.25, -0.2) is 0 Å². The largest absolute Gasteiger partial charge is 0.497 e. The molecule has 26 heavy (non-hydrogen) atoms. The molecule has 0 heterocycles. The number of ether oxygens (including phenoxy) is 3. The lowest BCUT2D eigenvalue weighted by Crippen LogP contribution is -2.28. The molecule has 0 spiro atoms. The van der Waals surface area contributed by atoms with Gasteiger partial charge in [0.25, 0.3) is 0 Å². The number of methoxy groups -OCH3 is 2. The van der Waals surface area contributed by atoms with E-state index in [1.165, 1.54) is 0 Å². The molecule has 0 aliphatic rings. The highest BCUT2D eigenvalue weighted by Crippen LogP contribution is 2.25. The molecule has 5 heteroatoms. The second kappa shape index (κ2) is 9.70. The van der Waals surface area contributed by atoms with Crippen molar-refractivity contribution in [2.24, 2.45) is 0 Å². The van der Waals surface area contributed by atoms with Crippen LogP contribution in [0.15, 0.2) is 36.4 Å². The number of nitrogens with one attached hydrogen (secondary N) is 1. The zero-order chi connectivity index (χ0) is 18.9. The van der Waals surface area contributed by atoms with E-state index in [2.05, 4.69) is 5.32 Å². The van der Waals surface area contributed by atoms with Crippen molar-refractivity contribution in [3.05, 3.63) is 53.1 Å². The van der Waals surface area contributed by atoms with Gasteiger partial charge in [0.2, 0.25) is 5.91 Å². The number of rotatable bonds is 9. The molecular formula is C21H27NO4. The quantitative estimate of drug-likeness (QED) is 0.699. The van der Waals surface area contributed by atoms with E-state index < -0.39 is 0 Å². The Morgan fingerprint density at radius 2 is 1.77 bits per heavy atom. The molecule has 1 amide bonds. The number of aryl methyl sites for hydroxylation is 3. The standard InChI is InChI=1S/C21H27NO4/c1-15-6-5-7-16(2)21(15)26-13-12-22-20(23)11-8-17-14-18(24-3)9-10-19(17)25-4/h5-7,9-10,14H,8,11-13H2,1-4H3,(H,22,23). The van der Waals surface area contributed by atoms with Gasteiger partial charge in [-0.05, 0) is 55.2 Å². The molecule has 2 aromatic carbocycles. The first kappa shape index (κ1) is 19.6. The molecule has 0 saturated heterocycles. The maximum atomic E-state index is 12.1. The molecule has 0 saturated carbocycles. The summed E-state index contributed by atoms with van der Waals surface area (Å²) < 4.78 is 16.4. The van der Waals surface area contributed by atoms with Gasteiger partial charge in [-0.1, -0.05) is 18.2 Å². The maximum absolute atomic E-state index is 12.1. The van der Waals surface area contributed by atoms with Crippen LogP contribution in [0, 0.1) is 13.8 Å². The Bertz CT molecular complexity index is 723. The van der Waals surface area contributed by atoms with Crippen molar-refractivity contribution in [2.45, 2.75) is 26.7 Å². The molecule has 140 valence electrons. The Labute approximate surface area is 155 Å². The summed E-state index contributed by atoms with van der Waals surface area (Å²) in [5.74, 6) is 2.39. The summed E-state index contributed by atoms with van der Waals surface area (Å²) in [7, 11) is 3.24. The lowest BCUT2D eigenvalue weighted by atomic mass is 10.1. The van der Waals surface area contributed by atoms with Crippen LogP contribution in [-0.2, 0) is 11.2 Å². The van der Waals surface area contributed by atoms with Crippen molar-refractivity contribution in [3.63, 3.8) is 0 Å². The topological polar surface area (TPSA) is 56.8 Å². The van der Waals surface area contributed by atoms with E-state index in [1.54, 1.807) is 14.2 Å². The minimum Gasteiger partial charge on any atom is -0.497 e. The van der Waals surface area contributed by atoms with Gasteiger partial charge < -0.3 is 19.5 Å². The van der Waals surface area contributed by atoms with Crippen LogP contribution in [0.1, 0.15) is 23.1 Å². The number of amides is 1. The van der Waals surface area contributed by atoms with Crippen LogP contribution in [0.2, 0.25) is 0 Å². The van der Waals surface area contributed by atoms with E-state index in [9.17, 15) is 4.79 Å². The highest BCUT2D eigenvalue weighted by atomic mass is 16.5. The molecule has 0 bridgehead atoms. The minimum absolute atomic E-state index is 0.0139. The fourth-order valence-corrected chi connectivity index (χ4v) is 2.78. The molecule has 0 aliphatic heterocycles. The Morgan fingerprint density at radius 3 is 2.42 bits per heavy atom. The fourth-order valence-electron chi connectivity index (χ4n) is 2.78. The lowest BCUT2D eigenvalue weighted by Gasteiger charge is -2.13. The second-order valence-corrected chi connectivity index (χ2v) is 6.10. The van der Waals surface area contributed by atoms with E-state index in [4.69, 9.17) is 14.2 Å². The van der Waals surface area contributed by atoms with Gasteiger partial charge in [0.15, 0.2) is 0 Å². The third kappa shape index (κ3) is 5.41. The molecular weight excluding hydrogens is 330 g/mol. The number of hydrogen-bond donors (Lipinski definition) is 1. The van der Waals surface area contributed by atoms with Gasteiger partial charge in [0, 0.05) is 6.42 Å². The van der Waals surface area contributed by atoms with Crippen LogP contribution in [0.3, 0.4) is 0 Å². The molecule has 0 aromatic heterocycles. The SMILES string of the molecule is COc1ccc(OC)c(CCC(=O)NCCOc2c(C)cccc2C)c1. The van der Waals surface area contributed by atoms with E-state index in [-0.39, 0.29) is 5.91 Å². The molecule has 2 rings (SSSR count). The monoisotopic (exact) mass is 357 g/mol. The van der Waals surface area contributed by atoms with E-state index >= 15 is 0 Å². The summed E-state index contributed by atoms with van der Waals surface area (Å²) in [4.78, 5) is 12.1. The Kier molecular flexibility index (Phi) is 7.33. The second-order valence-electron chi connectivity index (χ2n) is 6.10. The van der Waals surface area contributed by atoms with Gasteiger partial charge in [-0.15, -0.1) is 0 Å². The Hall–Kier alpha value is -2.69. The van der Waals surface area contributed by atoms with Gasteiger partial charge in [-0.2, -0.15) is 0 Å². The van der Waals surface area contributed by atoms with Crippen molar-refractivity contribution in [1.29, 1.82) is 0 Å². The van der Waals surface area contributed by atoms with Crippen molar-refractivity contribution in [1.82, 2.24) is 5.32 Å². The first-order valence-electron chi connectivity index (χ1n) is 8.71.